The van der Waals surface area contributed by atoms with Crippen LogP contribution >= 0.6 is 0 Å². The Labute approximate surface area is 80.5 Å². The molecule has 2 fully saturated rings. The van der Waals surface area contributed by atoms with Crippen molar-refractivity contribution in [3.05, 3.63) is 0 Å². The minimum absolute atomic E-state index is 0.305. The van der Waals surface area contributed by atoms with Gasteiger partial charge in [-0.15, -0.1) is 0 Å². The molecule has 0 aromatic rings. The Hall–Kier alpha value is -0.550. The second-order valence-electron chi connectivity index (χ2n) is 4.48. The van der Waals surface area contributed by atoms with Crippen LogP contribution in [-0.4, -0.2) is 24.0 Å². The van der Waals surface area contributed by atoms with E-state index in [2.05, 4.69) is 18.0 Å². The Morgan fingerprint density at radius 2 is 1.85 bits per heavy atom. The van der Waals surface area contributed by atoms with Gasteiger partial charge in [-0.1, -0.05) is 12.8 Å². The van der Waals surface area contributed by atoms with Gasteiger partial charge in [-0.25, -0.2) is 0 Å². The van der Waals surface area contributed by atoms with Crippen molar-refractivity contribution in [3.63, 3.8) is 0 Å². The first-order chi connectivity index (χ1) is 6.33. The van der Waals surface area contributed by atoms with Crippen molar-refractivity contribution in [1.82, 2.24) is 4.90 Å². The summed E-state index contributed by atoms with van der Waals surface area (Å²) in [5, 5.41) is 9.04. The first kappa shape index (κ1) is 9.02. The van der Waals surface area contributed by atoms with Crippen LogP contribution in [0.3, 0.4) is 0 Å². The van der Waals surface area contributed by atoms with E-state index in [-0.39, 0.29) is 0 Å². The van der Waals surface area contributed by atoms with E-state index in [1.807, 2.05) is 0 Å². The maximum Gasteiger partial charge on any atom is 0.0672 e. The van der Waals surface area contributed by atoms with Crippen LogP contribution in [0.25, 0.3) is 0 Å². The molecule has 0 aromatic carbocycles. The average molecular weight is 178 g/mol. The Balaban J connectivity index is 1.97. The Morgan fingerprint density at radius 3 is 2.46 bits per heavy atom. The number of hydrogen-bond acceptors (Lipinski definition) is 2. The molecule has 0 aromatic heterocycles. The second-order valence-corrected chi connectivity index (χ2v) is 4.48. The molecule has 72 valence electrons. The summed E-state index contributed by atoms with van der Waals surface area (Å²) in [7, 11) is 2.21. The van der Waals surface area contributed by atoms with E-state index in [0.717, 1.165) is 12.5 Å². The Kier molecular flexibility index (Phi) is 2.55. The van der Waals surface area contributed by atoms with Crippen molar-refractivity contribution in [1.29, 1.82) is 5.26 Å². The molecule has 0 amide bonds. The molecule has 0 radical (unpaired) electrons. The summed E-state index contributed by atoms with van der Waals surface area (Å²) < 4.78 is 0. The third-order valence-electron chi connectivity index (χ3n) is 3.54. The number of rotatable bonds is 2. The summed E-state index contributed by atoms with van der Waals surface area (Å²) in [5.41, 5.74) is 0. The molecule has 0 bridgehead atoms. The normalized spacial score (nSPS) is 34.5. The third-order valence-corrected chi connectivity index (χ3v) is 3.54. The smallest absolute Gasteiger partial charge is 0.0672 e. The van der Waals surface area contributed by atoms with E-state index in [9.17, 15) is 0 Å². The predicted octanol–water partition coefficient (Wildman–Crippen LogP) is 2.16. The van der Waals surface area contributed by atoms with Gasteiger partial charge >= 0.3 is 0 Å². The van der Waals surface area contributed by atoms with Crippen molar-refractivity contribution in [2.75, 3.05) is 7.05 Å². The predicted molar refractivity (Wildman–Crippen MR) is 52.1 cm³/mol. The van der Waals surface area contributed by atoms with Crippen LogP contribution in [0.15, 0.2) is 0 Å². The van der Waals surface area contributed by atoms with Crippen molar-refractivity contribution in [2.45, 2.75) is 50.6 Å². The van der Waals surface area contributed by atoms with Gasteiger partial charge < -0.3 is 0 Å². The maximum atomic E-state index is 9.04. The van der Waals surface area contributed by atoms with Gasteiger partial charge in [0, 0.05) is 12.1 Å². The molecule has 2 rings (SSSR count). The molecule has 0 N–H and O–H groups in total. The zero-order valence-corrected chi connectivity index (χ0v) is 8.37. The number of nitriles is 1. The zero-order chi connectivity index (χ0) is 9.26. The minimum atomic E-state index is 0.305. The lowest BCUT2D eigenvalue weighted by atomic mass is 9.84. The van der Waals surface area contributed by atoms with Crippen LogP contribution in [0.5, 0.6) is 0 Å². The van der Waals surface area contributed by atoms with E-state index >= 15 is 0 Å². The third kappa shape index (κ3) is 1.86. The number of hydrogen-bond donors (Lipinski definition) is 0. The largest absolute Gasteiger partial charge is 0.299 e. The SMILES string of the molecule is CN(C1CC1)C1CCCCC1C#N. The monoisotopic (exact) mass is 178 g/mol. The molecule has 2 atom stereocenters. The quantitative estimate of drug-likeness (QED) is 0.648. The summed E-state index contributed by atoms with van der Waals surface area (Å²) in [6.45, 7) is 0. The van der Waals surface area contributed by atoms with Crippen LogP contribution in [-0.2, 0) is 0 Å². The van der Waals surface area contributed by atoms with Crippen LogP contribution < -0.4 is 0 Å². The molecule has 2 unspecified atom stereocenters. The molecular formula is C11H18N2. The zero-order valence-electron chi connectivity index (χ0n) is 8.37. The fourth-order valence-electron chi connectivity index (χ4n) is 2.50. The summed E-state index contributed by atoms with van der Waals surface area (Å²) in [4.78, 5) is 2.47. The van der Waals surface area contributed by atoms with Crippen molar-refractivity contribution in [3.8, 4) is 6.07 Å². The molecule has 0 spiro atoms. The standard InChI is InChI=1S/C11H18N2/c1-13(10-6-7-10)11-5-3-2-4-9(11)8-12/h9-11H,2-7H2,1H3. The molecule has 2 aliphatic carbocycles. The highest BCUT2D eigenvalue weighted by Gasteiger charge is 2.36. The molecule has 13 heavy (non-hydrogen) atoms. The van der Waals surface area contributed by atoms with Gasteiger partial charge in [0.1, 0.15) is 0 Å². The highest BCUT2D eigenvalue weighted by Crippen LogP contribution is 2.34. The van der Waals surface area contributed by atoms with Gasteiger partial charge in [-0.2, -0.15) is 5.26 Å². The van der Waals surface area contributed by atoms with Crippen molar-refractivity contribution >= 4 is 0 Å². The van der Waals surface area contributed by atoms with Crippen molar-refractivity contribution < 1.29 is 0 Å². The molecule has 0 heterocycles. The molecule has 0 saturated heterocycles. The fraction of sp³-hybridized carbons (Fsp3) is 0.909. The van der Waals surface area contributed by atoms with Gasteiger partial charge in [-0.3, -0.25) is 4.90 Å². The summed E-state index contributed by atoms with van der Waals surface area (Å²) >= 11 is 0. The Morgan fingerprint density at radius 1 is 1.15 bits per heavy atom. The molecule has 0 aliphatic heterocycles. The van der Waals surface area contributed by atoms with Crippen molar-refractivity contribution in [2.24, 2.45) is 5.92 Å². The van der Waals surface area contributed by atoms with E-state index in [1.165, 1.54) is 32.1 Å². The topological polar surface area (TPSA) is 27.0 Å². The minimum Gasteiger partial charge on any atom is -0.299 e. The summed E-state index contributed by atoms with van der Waals surface area (Å²) in [6, 6.07) is 3.84. The average Bonchev–Trinajstić information content (AvgIpc) is 3.00. The molecule has 2 saturated carbocycles. The molecular weight excluding hydrogens is 160 g/mol. The first-order valence-electron chi connectivity index (χ1n) is 5.44. The van der Waals surface area contributed by atoms with Crippen LogP contribution in [0, 0.1) is 17.2 Å². The van der Waals surface area contributed by atoms with Gasteiger partial charge in [0.25, 0.3) is 0 Å². The van der Waals surface area contributed by atoms with Gasteiger partial charge in [0.05, 0.1) is 12.0 Å². The molecule has 2 nitrogen and oxygen atoms in total. The van der Waals surface area contributed by atoms with E-state index in [4.69, 9.17) is 5.26 Å². The van der Waals surface area contributed by atoms with E-state index < -0.39 is 0 Å². The first-order valence-corrected chi connectivity index (χ1v) is 5.44. The highest BCUT2D eigenvalue weighted by atomic mass is 15.2. The van der Waals surface area contributed by atoms with Gasteiger partial charge in [0.2, 0.25) is 0 Å². The second kappa shape index (κ2) is 3.67. The van der Waals surface area contributed by atoms with Crippen LogP contribution in [0.4, 0.5) is 0 Å². The van der Waals surface area contributed by atoms with Gasteiger partial charge in [-0.05, 0) is 32.7 Å². The lowest BCUT2D eigenvalue weighted by Gasteiger charge is -2.34. The van der Waals surface area contributed by atoms with E-state index in [1.54, 1.807) is 0 Å². The van der Waals surface area contributed by atoms with Crippen LogP contribution in [0.1, 0.15) is 38.5 Å². The highest BCUT2D eigenvalue weighted by molar-refractivity contribution is 4.98. The molecule has 2 aliphatic rings. The lowest BCUT2D eigenvalue weighted by Crippen LogP contribution is -2.40. The Bertz CT molecular complexity index is 215. The molecule has 2 heteroatoms. The number of nitrogens with zero attached hydrogens (tertiary/aromatic N) is 2. The van der Waals surface area contributed by atoms with Gasteiger partial charge in [0.15, 0.2) is 0 Å². The summed E-state index contributed by atoms with van der Waals surface area (Å²) in [6.07, 6.45) is 7.65. The van der Waals surface area contributed by atoms with Crippen LogP contribution in [0.2, 0.25) is 0 Å². The maximum absolute atomic E-state index is 9.04. The van der Waals surface area contributed by atoms with E-state index in [0.29, 0.717) is 12.0 Å². The lowest BCUT2D eigenvalue weighted by molar-refractivity contribution is 0.150. The fourth-order valence-corrected chi connectivity index (χ4v) is 2.50. The summed E-state index contributed by atoms with van der Waals surface area (Å²) in [5.74, 6) is 0.305.